The van der Waals surface area contributed by atoms with E-state index in [1.807, 2.05) is 0 Å². The van der Waals surface area contributed by atoms with E-state index in [2.05, 4.69) is 60.1 Å². The number of anilines is 1. The van der Waals surface area contributed by atoms with Crippen molar-refractivity contribution in [1.29, 1.82) is 0 Å². The van der Waals surface area contributed by atoms with Gasteiger partial charge in [0.25, 0.3) is 0 Å². The first kappa shape index (κ1) is 15.7. The number of nitrogens with one attached hydrogen (secondary N) is 1. The van der Waals surface area contributed by atoms with E-state index in [9.17, 15) is 0 Å². The van der Waals surface area contributed by atoms with E-state index in [0.717, 1.165) is 46.7 Å². The third kappa shape index (κ3) is 3.49. The summed E-state index contributed by atoms with van der Waals surface area (Å²) >= 11 is 4.08. The van der Waals surface area contributed by atoms with E-state index in [1.54, 1.807) is 11.3 Å². The lowest BCUT2D eigenvalue weighted by Gasteiger charge is -2.12. The van der Waals surface area contributed by atoms with Crippen molar-refractivity contribution in [2.45, 2.75) is 40.0 Å². The van der Waals surface area contributed by atoms with E-state index >= 15 is 0 Å². The van der Waals surface area contributed by atoms with Gasteiger partial charge in [-0.1, -0.05) is 20.3 Å². The molecule has 2 aromatic rings. The lowest BCUT2D eigenvalue weighted by atomic mass is 10.2. The average molecular weight is 401 g/mol. The fourth-order valence-electron chi connectivity index (χ4n) is 1.96. The van der Waals surface area contributed by atoms with E-state index < -0.39 is 0 Å². The number of hydrogen-bond acceptors (Lipinski definition) is 4. The summed E-state index contributed by atoms with van der Waals surface area (Å²) in [6.45, 7) is 7.42. The molecule has 0 aromatic carbocycles. The van der Waals surface area contributed by atoms with Crippen molar-refractivity contribution in [2.24, 2.45) is 0 Å². The van der Waals surface area contributed by atoms with Crippen molar-refractivity contribution in [2.75, 3.05) is 11.9 Å². The molecular weight excluding hydrogens is 381 g/mol. The summed E-state index contributed by atoms with van der Waals surface area (Å²) in [5.41, 5.74) is 2.41. The molecule has 0 fully saturated rings. The van der Waals surface area contributed by atoms with Crippen LogP contribution in [0.1, 0.15) is 37.9 Å². The fourth-order valence-corrected chi connectivity index (χ4v) is 3.52. The summed E-state index contributed by atoms with van der Waals surface area (Å²) < 4.78 is 1.16. The second-order valence-corrected chi connectivity index (χ2v) is 6.76. The third-order valence-corrected chi connectivity index (χ3v) is 5.16. The number of rotatable bonds is 6. The van der Waals surface area contributed by atoms with Crippen LogP contribution < -0.4 is 5.32 Å². The van der Waals surface area contributed by atoms with Crippen LogP contribution in [0, 0.1) is 10.5 Å². The zero-order valence-electron chi connectivity index (χ0n) is 12.2. The molecule has 0 atom stereocenters. The molecule has 0 aliphatic carbocycles. The number of hydrogen-bond donors (Lipinski definition) is 1. The van der Waals surface area contributed by atoms with E-state index in [0.29, 0.717) is 0 Å². The number of aryl methyl sites for hydroxylation is 2. The van der Waals surface area contributed by atoms with Crippen LogP contribution in [-0.2, 0) is 6.42 Å². The van der Waals surface area contributed by atoms with Crippen LogP contribution in [-0.4, -0.2) is 16.5 Å². The summed E-state index contributed by atoms with van der Waals surface area (Å²) in [5, 5.41) is 5.53. The van der Waals surface area contributed by atoms with Gasteiger partial charge in [0.2, 0.25) is 0 Å². The monoisotopic (exact) mass is 401 g/mol. The van der Waals surface area contributed by atoms with Crippen LogP contribution in [0.3, 0.4) is 0 Å². The Balaban J connectivity index is 2.46. The minimum atomic E-state index is 0.861. The molecule has 0 aliphatic heterocycles. The highest BCUT2D eigenvalue weighted by molar-refractivity contribution is 14.1. The average Bonchev–Trinajstić information content (AvgIpc) is 2.86. The van der Waals surface area contributed by atoms with Gasteiger partial charge < -0.3 is 5.32 Å². The zero-order chi connectivity index (χ0) is 14.5. The lowest BCUT2D eigenvalue weighted by molar-refractivity contribution is 0.864. The predicted molar refractivity (Wildman–Crippen MR) is 95.6 cm³/mol. The summed E-state index contributed by atoms with van der Waals surface area (Å²) in [4.78, 5) is 10.7. The molecule has 2 heterocycles. The molecule has 0 spiro atoms. The molecule has 3 nitrogen and oxygen atoms in total. The Kier molecular flexibility index (Phi) is 5.77. The summed E-state index contributed by atoms with van der Waals surface area (Å²) in [5.74, 6) is 1.84. The van der Waals surface area contributed by atoms with Gasteiger partial charge in [-0.05, 0) is 59.4 Å². The molecule has 0 saturated heterocycles. The van der Waals surface area contributed by atoms with Crippen LogP contribution >= 0.6 is 33.9 Å². The topological polar surface area (TPSA) is 37.8 Å². The van der Waals surface area contributed by atoms with Gasteiger partial charge in [0.1, 0.15) is 5.82 Å². The molecule has 0 bridgehead atoms. The van der Waals surface area contributed by atoms with Crippen LogP contribution in [0.2, 0.25) is 0 Å². The second kappa shape index (κ2) is 7.36. The Bertz CT molecular complexity index is 580. The van der Waals surface area contributed by atoms with Crippen LogP contribution in [0.15, 0.2) is 11.4 Å². The van der Waals surface area contributed by atoms with Crippen molar-refractivity contribution < 1.29 is 0 Å². The number of halogens is 1. The highest BCUT2D eigenvalue weighted by Gasteiger charge is 2.14. The molecule has 0 saturated carbocycles. The predicted octanol–water partition coefficient (Wildman–Crippen LogP) is 4.89. The smallest absolute Gasteiger partial charge is 0.172 e. The molecule has 5 heteroatoms. The molecule has 0 amide bonds. The standard InChI is InChI=1S/C15H20IN3S/c1-4-6-11-12(16)14(17-8-5-2)19-15(18-11)13-10(3)7-9-20-13/h7,9H,4-6,8H2,1-3H3,(H,17,18,19). The molecule has 0 aliphatic rings. The minimum absolute atomic E-state index is 0.861. The van der Waals surface area contributed by atoms with Gasteiger partial charge >= 0.3 is 0 Å². The Labute approximate surface area is 138 Å². The Morgan fingerprint density at radius 2 is 2.05 bits per heavy atom. The molecule has 108 valence electrons. The SMILES string of the molecule is CCCNc1nc(-c2sccc2C)nc(CCC)c1I. The van der Waals surface area contributed by atoms with Crippen LogP contribution in [0.25, 0.3) is 10.7 Å². The zero-order valence-corrected chi connectivity index (χ0v) is 15.1. The molecule has 2 aromatic heterocycles. The number of aromatic nitrogens is 2. The molecule has 2 rings (SSSR count). The first-order valence-corrected chi connectivity index (χ1v) is 8.97. The van der Waals surface area contributed by atoms with Crippen molar-refractivity contribution >= 4 is 39.7 Å². The van der Waals surface area contributed by atoms with Crippen molar-refractivity contribution in [3.63, 3.8) is 0 Å². The first-order valence-electron chi connectivity index (χ1n) is 7.02. The quantitative estimate of drug-likeness (QED) is 0.701. The molecule has 0 radical (unpaired) electrons. The maximum absolute atomic E-state index is 4.79. The van der Waals surface area contributed by atoms with Gasteiger partial charge in [-0.3, -0.25) is 0 Å². The first-order chi connectivity index (χ1) is 9.67. The van der Waals surface area contributed by atoms with Gasteiger partial charge in [0.05, 0.1) is 14.1 Å². The van der Waals surface area contributed by atoms with Gasteiger partial charge in [-0.15, -0.1) is 11.3 Å². The van der Waals surface area contributed by atoms with Crippen molar-refractivity contribution in [3.05, 3.63) is 26.3 Å². The van der Waals surface area contributed by atoms with Gasteiger partial charge in [-0.25, -0.2) is 9.97 Å². The van der Waals surface area contributed by atoms with Crippen molar-refractivity contribution in [1.82, 2.24) is 9.97 Å². The maximum Gasteiger partial charge on any atom is 0.172 e. The summed E-state index contributed by atoms with van der Waals surface area (Å²) in [6, 6.07) is 2.12. The van der Waals surface area contributed by atoms with E-state index in [4.69, 9.17) is 9.97 Å². The third-order valence-electron chi connectivity index (χ3n) is 3.01. The number of thiophene rings is 1. The minimum Gasteiger partial charge on any atom is -0.369 e. The Morgan fingerprint density at radius 3 is 2.65 bits per heavy atom. The molecule has 1 N–H and O–H groups in total. The van der Waals surface area contributed by atoms with Gasteiger partial charge in [-0.2, -0.15) is 0 Å². The summed E-state index contributed by atoms with van der Waals surface area (Å²) in [6.07, 6.45) is 3.19. The maximum atomic E-state index is 4.79. The van der Waals surface area contributed by atoms with E-state index in [-0.39, 0.29) is 0 Å². The van der Waals surface area contributed by atoms with Gasteiger partial charge in [0.15, 0.2) is 5.82 Å². The van der Waals surface area contributed by atoms with Gasteiger partial charge in [0, 0.05) is 6.54 Å². The molecule has 0 unspecified atom stereocenters. The number of nitrogens with zero attached hydrogens (tertiary/aromatic N) is 2. The van der Waals surface area contributed by atoms with Crippen LogP contribution in [0.4, 0.5) is 5.82 Å². The highest BCUT2D eigenvalue weighted by atomic mass is 127. The van der Waals surface area contributed by atoms with E-state index in [1.165, 1.54) is 10.4 Å². The largest absolute Gasteiger partial charge is 0.369 e. The van der Waals surface area contributed by atoms with Crippen molar-refractivity contribution in [3.8, 4) is 10.7 Å². The van der Waals surface area contributed by atoms with Crippen LogP contribution in [0.5, 0.6) is 0 Å². The Hall–Kier alpha value is -0.690. The lowest BCUT2D eigenvalue weighted by Crippen LogP contribution is -2.09. The second-order valence-electron chi connectivity index (χ2n) is 4.77. The normalized spacial score (nSPS) is 10.8. The molecular formula is C15H20IN3S. The summed E-state index contributed by atoms with van der Waals surface area (Å²) in [7, 11) is 0. The highest BCUT2D eigenvalue weighted by Crippen LogP contribution is 2.30. The molecule has 20 heavy (non-hydrogen) atoms. The fraction of sp³-hybridized carbons (Fsp3) is 0.467. The Morgan fingerprint density at radius 1 is 1.25 bits per heavy atom.